The van der Waals surface area contributed by atoms with Crippen LogP contribution in [0.1, 0.15) is 16.8 Å². The van der Waals surface area contributed by atoms with Crippen LogP contribution in [-0.2, 0) is 9.53 Å². The fourth-order valence-electron chi connectivity index (χ4n) is 2.47. The molecule has 0 aliphatic heterocycles. The highest BCUT2D eigenvalue weighted by molar-refractivity contribution is 6.07. The first-order valence-corrected chi connectivity index (χ1v) is 7.56. The molecule has 0 aliphatic rings. The quantitative estimate of drug-likeness (QED) is 0.733. The number of hydrogen-bond acceptors (Lipinski definition) is 4. The summed E-state index contributed by atoms with van der Waals surface area (Å²) >= 11 is 0. The van der Waals surface area contributed by atoms with Crippen molar-refractivity contribution in [1.29, 1.82) is 0 Å². The van der Waals surface area contributed by atoms with Crippen molar-refractivity contribution in [3.8, 4) is 0 Å². The van der Waals surface area contributed by atoms with E-state index >= 15 is 0 Å². The van der Waals surface area contributed by atoms with Crippen molar-refractivity contribution in [2.75, 3.05) is 18.6 Å². The standard InChI is InChI=1S/C18H17N3O3/c1-24-17(22)8-10-21(14-5-3-2-4-6-14)18(23)13-11-16-15(20-12-13)7-9-19-16/h2-7,9,11-12,19H,8,10H2,1H3. The number of H-pyrrole nitrogens is 1. The fourth-order valence-corrected chi connectivity index (χ4v) is 2.47. The number of para-hydroxylation sites is 1. The number of carbonyl (C=O) groups excluding carboxylic acids is 2. The smallest absolute Gasteiger partial charge is 0.307 e. The minimum Gasteiger partial charge on any atom is -0.469 e. The van der Waals surface area contributed by atoms with Crippen molar-refractivity contribution in [3.63, 3.8) is 0 Å². The van der Waals surface area contributed by atoms with Crippen LogP contribution in [0.2, 0.25) is 0 Å². The molecular formula is C18H17N3O3. The Hall–Kier alpha value is -3.15. The minimum absolute atomic E-state index is 0.120. The van der Waals surface area contributed by atoms with E-state index in [2.05, 4.69) is 14.7 Å². The number of amides is 1. The zero-order valence-corrected chi connectivity index (χ0v) is 13.2. The van der Waals surface area contributed by atoms with Crippen molar-refractivity contribution in [1.82, 2.24) is 9.97 Å². The Morgan fingerprint density at radius 2 is 2.00 bits per heavy atom. The van der Waals surface area contributed by atoms with Gasteiger partial charge in [-0.1, -0.05) is 18.2 Å². The molecule has 2 aromatic heterocycles. The lowest BCUT2D eigenvalue weighted by Crippen LogP contribution is -2.33. The minimum atomic E-state index is -0.360. The van der Waals surface area contributed by atoms with Gasteiger partial charge in [-0.25, -0.2) is 0 Å². The molecule has 0 saturated heterocycles. The van der Waals surface area contributed by atoms with Crippen LogP contribution in [-0.4, -0.2) is 35.5 Å². The van der Waals surface area contributed by atoms with E-state index in [1.807, 2.05) is 36.4 Å². The molecule has 3 rings (SSSR count). The third-order valence-corrected chi connectivity index (χ3v) is 3.73. The Balaban J connectivity index is 1.91. The Kier molecular flexibility index (Phi) is 4.56. The van der Waals surface area contributed by atoms with Crippen LogP contribution in [0.15, 0.2) is 54.9 Å². The maximum atomic E-state index is 12.9. The third kappa shape index (κ3) is 3.27. The van der Waals surface area contributed by atoms with Crippen LogP contribution in [0.25, 0.3) is 11.0 Å². The Bertz CT molecular complexity index is 858. The number of hydrogen-bond donors (Lipinski definition) is 1. The first-order valence-electron chi connectivity index (χ1n) is 7.56. The van der Waals surface area contributed by atoms with Gasteiger partial charge in [0, 0.05) is 24.6 Å². The predicted octanol–water partition coefficient (Wildman–Crippen LogP) is 2.77. The number of esters is 1. The Morgan fingerprint density at radius 1 is 1.21 bits per heavy atom. The van der Waals surface area contributed by atoms with Crippen LogP contribution >= 0.6 is 0 Å². The summed E-state index contributed by atoms with van der Waals surface area (Å²) in [5, 5.41) is 0. The molecule has 0 radical (unpaired) electrons. The lowest BCUT2D eigenvalue weighted by molar-refractivity contribution is -0.140. The molecule has 1 N–H and O–H groups in total. The molecule has 3 aromatic rings. The van der Waals surface area contributed by atoms with Gasteiger partial charge in [0.2, 0.25) is 0 Å². The monoisotopic (exact) mass is 323 g/mol. The largest absolute Gasteiger partial charge is 0.469 e. The van der Waals surface area contributed by atoms with E-state index in [0.29, 0.717) is 5.56 Å². The first kappa shape index (κ1) is 15.7. The summed E-state index contributed by atoms with van der Waals surface area (Å²) in [6, 6.07) is 12.8. The fraction of sp³-hybridized carbons (Fsp3) is 0.167. The molecule has 0 bridgehead atoms. The molecule has 6 heteroatoms. The molecule has 122 valence electrons. The summed E-state index contributed by atoms with van der Waals surface area (Å²) in [5.41, 5.74) is 2.77. The first-order chi connectivity index (χ1) is 11.7. The van der Waals surface area contributed by atoms with Crippen molar-refractivity contribution in [2.24, 2.45) is 0 Å². The van der Waals surface area contributed by atoms with Gasteiger partial charge in [0.1, 0.15) is 0 Å². The molecular weight excluding hydrogens is 306 g/mol. The second kappa shape index (κ2) is 6.95. The highest BCUT2D eigenvalue weighted by Crippen LogP contribution is 2.19. The highest BCUT2D eigenvalue weighted by atomic mass is 16.5. The number of carbonyl (C=O) groups is 2. The maximum absolute atomic E-state index is 12.9. The number of nitrogens with zero attached hydrogens (tertiary/aromatic N) is 2. The predicted molar refractivity (Wildman–Crippen MR) is 90.8 cm³/mol. The summed E-state index contributed by atoms with van der Waals surface area (Å²) in [6.07, 6.45) is 3.44. The van der Waals surface area contributed by atoms with E-state index in [1.54, 1.807) is 23.4 Å². The summed E-state index contributed by atoms with van der Waals surface area (Å²) < 4.78 is 4.67. The molecule has 1 aromatic carbocycles. The third-order valence-electron chi connectivity index (χ3n) is 3.73. The number of pyridine rings is 1. The van der Waals surface area contributed by atoms with Crippen molar-refractivity contribution in [3.05, 3.63) is 60.4 Å². The lowest BCUT2D eigenvalue weighted by atomic mass is 10.2. The van der Waals surface area contributed by atoms with E-state index in [9.17, 15) is 9.59 Å². The second-order valence-electron chi connectivity index (χ2n) is 5.25. The van der Waals surface area contributed by atoms with Crippen LogP contribution in [0.5, 0.6) is 0 Å². The average Bonchev–Trinajstić information content (AvgIpc) is 3.10. The topological polar surface area (TPSA) is 75.3 Å². The van der Waals surface area contributed by atoms with Gasteiger partial charge in [-0.05, 0) is 24.3 Å². The van der Waals surface area contributed by atoms with Gasteiger partial charge in [-0.2, -0.15) is 0 Å². The Labute approximate surface area is 139 Å². The molecule has 0 aliphatic carbocycles. The number of ether oxygens (including phenoxy) is 1. The molecule has 0 unspecified atom stereocenters. The molecule has 0 saturated carbocycles. The number of aromatic amines is 1. The van der Waals surface area contributed by atoms with E-state index in [0.717, 1.165) is 16.7 Å². The molecule has 2 heterocycles. The summed E-state index contributed by atoms with van der Waals surface area (Å²) in [4.78, 5) is 33.3. The number of nitrogens with one attached hydrogen (secondary N) is 1. The molecule has 0 atom stereocenters. The number of rotatable bonds is 5. The van der Waals surface area contributed by atoms with Crippen molar-refractivity contribution in [2.45, 2.75) is 6.42 Å². The average molecular weight is 323 g/mol. The second-order valence-corrected chi connectivity index (χ2v) is 5.25. The highest BCUT2D eigenvalue weighted by Gasteiger charge is 2.19. The van der Waals surface area contributed by atoms with E-state index in [-0.39, 0.29) is 24.8 Å². The van der Waals surface area contributed by atoms with Gasteiger partial charge >= 0.3 is 5.97 Å². The summed E-state index contributed by atoms with van der Waals surface area (Å²) in [7, 11) is 1.33. The number of fused-ring (bicyclic) bond motifs is 1. The zero-order chi connectivity index (χ0) is 16.9. The van der Waals surface area contributed by atoms with E-state index in [4.69, 9.17) is 0 Å². The van der Waals surface area contributed by atoms with Crippen LogP contribution in [0.3, 0.4) is 0 Å². The number of benzene rings is 1. The number of anilines is 1. The normalized spacial score (nSPS) is 10.5. The molecule has 6 nitrogen and oxygen atoms in total. The van der Waals surface area contributed by atoms with E-state index < -0.39 is 0 Å². The number of methoxy groups -OCH3 is 1. The van der Waals surface area contributed by atoms with Crippen molar-refractivity contribution < 1.29 is 14.3 Å². The van der Waals surface area contributed by atoms with Gasteiger partial charge in [0.05, 0.1) is 30.1 Å². The van der Waals surface area contributed by atoms with Crippen LogP contribution in [0, 0.1) is 0 Å². The maximum Gasteiger partial charge on any atom is 0.307 e. The molecule has 24 heavy (non-hydrogen) atoms. The van der Waals surface area contributed by atoms with Gasteiger partial charge in [-0.15, -0.1) is 0 Å². The van der Waals surface area contributed by atoms with Gasteiger partial charge in [0.25, 0.3) is 5.91 Å². The van der Waals surface area contributed by atoms with Crippen molar-refractivity contribution >= 4 is 28.6 Å². The summed E-state index contributed by atoms with van der Waals surface area (Å²) in [5.74, 6) is -0.573. The summed E-state index contributed by atoms with van der Waals surface area (Å²) in [6.45, 7) is 0.234. The Morgan fingerprint density at radius 3 is 2.75 bits per heavy atom. The SMILES string of the molecule is COC(=O)CCN(C(=O)c1cnc2cc[nH]c2c1)c1ccccc1. The number of aromatic nitrogens is 2. The van der Waals surface area contributed by atoms with Gasteiger partial charge in [0.15, 0.2) is 0 Å². The zero-order valence-electron chi connectivity index (χ0n) is 13.2. The lowest BCUT2D eigenvalue weighted by Gasteiger charge is -2.22. The molecule has 0 fully saturated rings. The van der Waals surface area contributed by atoms with Crippen LogP contribution < -0.4 is 4.90 Å². The molecule has 1 amide bonds. The van der Waals surface area contributed by atoms with E-state index in [1.165, 1.54) is 7.11 Å². The van der Waals surface area contributed by atoms with Gasteiger partial charge < -0.3 is 14.6 Å². The van der Waals surface area contributed by atoms with Gasteiger partial charge in [-0.3, -0.25) is 14.6 Å². The van der Waals surface area contributed by atoms with Crippen LogP contribution in [0.4, 0.5) is 5.69 Å². The molecule has 0 spiro atoms.